The molecule has 4 heteroatoms. The molecule has 1 atom stereocenters. The molecule has 2 aromatic carbocycles. The summed E-state index contributed by atoms with van der Waals surface area (Å²) in [7, 11) is 1.60. The summed E-state index contributed by atoms with van der Waals surface area (Å²) in [5, 5.41) is 13.8. The molecule has 2 aromatic rings. The molecule has 100 valence electrons. The molecule has 0 aliphatic rings. The summed E-state index contributed by atoms with van der Waals surface area (Å²) in [5.41, 5.74) is 1.64. The van der Waals surface area contributed by atoms with Gasteiger partial charge < -0.3 is 15.2 Å². The molecule has 0 spiro atoms. The molecule has 2 rings (SSSR count). The van der Waals surface area contributed by atoms with E-state index in [-0.39, 0.29) is 0 Å². The summed E-state index contributed by atoms with van der Waals surface area (Å²) in [6, 6.07) is 14.8. The molecule has 0 amide bonds. The van der Waals surface area contributed by atoms with Crippen LogP contribution in [0.3, 0.4) is 0 Å². The van der Waals surface area contributed by atoms with Gasteiger partial charge in [0.1, 0.15) is 5.75 Å². The molecule has 0 fully saturated rings. The Morgan fingerprint density at radius 3 is 2.63 bits per heavy atom. The van der Waals surface area contributed by atoms with E-state index in [9.17, 15) is 5.11 Å². The highest BCUT2D eigenvalue weighted by atomic mass is 35.5. The van der Waals surface area contributed by atoms with E-state index in [0.717, 1.165) is 11.3 Å². The first-order valence-corrected chi connectivity index (χ1v) is 6.39. The first kappa shape index (κ1) is 13.7. The molecule has 1 unspecified atom stereocenters. The molecule has 0 heterocycles. The fourth-order valence-corrected chi connectivity index (χ4v) is 1.99. The normalized spacial score (nSPS) is 11.9. The lowest BCUT2D eigenvalue weighted by Gasteiger charge is -2.15. The van der Waals surface area contributed by atoms with Gasteiger partial charge >= 0.3 is 0 Å². The molecule has 2 N–H and O–H groups in total. The molecule has 0 saturated carbocycles. The smallest absolute Gasteiger partial charge is 0.142 e. The minimum absolute atomic E-state index is 0.390. The Morgan fingerprint density at radius 1 is 1.21 bits per heavy atom. The van der Waals surface area contributed by atoms with Crippen LogP contribution < -0.4 is 10.1 Å². The van der Waals surface area contributed by atoms with E-state index in [4.69, 9.17) is 16.3 Å². The maximum atomic E-state index is 10.1. The quantitative estimate of drug-likeness (QED) is 0.879. The van der Waals surface area contributed by atoms with Gasteiger partial charge in [0, 0.05) is 11.6 Å². The van der Waals surface area contributed by atoms with Gasteiger partial charge in [0.15, 0.2) is 0 Å². The highest BCUT2D eigenvalue weighted by Crippen LogP contribution is 2.28. The summed E-state index contributed by atoms with van der Waals surface area (Å²) in [5.74, 6) is 0.699. The van der Waals surface area contributed by atoms with Crippen LogP contribution in [0.4, 0.5) is 5.69 Å². The van der Waals surface area contributed by atoms with E-state index in [0.29, 0.717) is 17.3 Å². The predicted molar refractivity (Wildman–Crippen MR) is 77.9 cm³/mol. The molecule has 3 nitrogen and oxygen atoms in total. The van der Waals surface area contributed by atoms with Crippen LogP contribution >= 0.6 is 11.6 Å². The van der Waals surface area contributed by atoms with Crippen LogP contribution in [-0.2, 0) is 0 Å². The van der Waals surface area contributed by atoms with Crippen molar-refractivity contribution in [2.24, 2.45) is 0 Å². The molecule has 0 radical (unpaired) electrons. The van der Waals surface area contributed by atoms with Gasteiger partial charge in [-0.05, 0) is 23.8 Å². The number of hydrogen-bond acceptors (Lipinski definition) is 3. The zero-order valence-electron chi connectivity index (χ0n) is 10.6. The van der Waals surface area contributed by atoms with Crippen molar-refractivity contribution in [2.75, 3.05) is 19.0 Å². The second-order valence-corrected chi connectivity index (χ2v) is 4.59. The van der Waals surface area contributed by atoms with Crippen molar-refractivity contribution in [1.29, 1.82) is 0 Å². The Morgan fingerprint density at radius 2 is 1.95 bits per heavy atom. The molecule has 0 bridgehead atoms. The van der Waals surface area contributed by atoms with Gasteiger partial charge in [0.2, 0.25) is 0 Å². The van der Waals surface area contributed by atoms with Crippen molar-refractivity contribution < 1.29 is 9.84 Å². The molecular weight excluding hydrogens is 262 g/mol. The molecule has 19 heavy (non-hydrogen) atoms. The van der Waals surface area contributed by atoms with Crippen LogP contribution in [-0.4, -0.2) is 18.8 Å². The van der Waals surface area contributed by atoms with Crippen LogP contribution in [0.25, 0.3) is 0 Å². The number of aliphatic hydroxyl groups is 1. The first-order chi connectivity index (χ1) is 9.20. The third kappa shape index (κ3) is 3.63. The number of ether oxygens (including phenoxy) is 1. The average Bonchev–Trinajstić information content (AvgIpc) is 2.46. The van der Waals surface area contributed by atoms with Crippen LogP contribution in [0.2, 0.25) is 5.02 Å². The number of halogens is 1. The minimum Gasteiger partial charge on any atom is -0.495 e. The van der Waals surface area contributed by atoms with E-state index in [1.54, 1.807) is 25.3 Å². The zero-order valence-corrected chi connectivity index (χ0v) is 11.4. The molecule has 0 saturated heterocycles. The molecule has 0 aromatic heterocycles. The first-order valence-electron chi connectivity index (χ1n) is 6.01. The van der Waals surface area contributed by atoms with Crippen LogP contribution in [0.15, 0.2) is 48.5 Å². The fraction of sp³-hybridized carbons (Fsp3) is 0.200. The second kappa shape index (κ2) is 6.45. The average molecular weight is 278 g/mol. The van der Waals surface area contributed by atoms with E-state index in [1.165, 1.54) is 0 Å². The van der Waals surface area contributed by atoms with Crippen molar-refractivity contribution in [3.05, 3.63) is 59.1 Å². The van der Waals surface area contributed by atoms with Gasteiger partial charge in [-0.15, -0.1) is 0 Å². The van der Waals surface area contributed by atoms with Gasteiger partial charge in [0.25, 0.3) is 0 Å². The third-order valence-corrected chi connectivity index (χ3v) is 3.07. The van der Waals surface area contributed by atoms with Crippen LogP contribution in [0, 0.1) is 0 Å². The monoisotopic (exact) mass is 277 g/mol. The number of nitrogens with one attached hydrogen (secondary N) is 1. The third-order valence-electron chi connectivity index (χ3n) is 2.83. The van der Waals surface area contributed by atoms with Gasteiger partial charge in [-0.2, -0.15) is 0 Å². The maximum absolute atomic E-state index is 10.1. The van der Waals surface area contributed by atoms with Crippen molar-refractivity contribution in [1.82, 2.24) is 0 Å². The number of methoxy groups -OCH3 is 1. The summed E-state index contributed by atoms with van der Waals surface area (Å²) >= 11 is 5.95. The van der Waals surface area contributed by atoms with Crippen LogP contribution in [0.1, 0.15) is 11.7 Å². The summed E-state index contributed by atoms with van der Waals surface area (Å²) in [6.07, 6.45) is -0.579. The van der Waals surface area contributed by atoms with Gasteiger partial charge in [0.05, 0.1) is 18.9 Å². The standard InChI is InChI=1S/C15H16ClNO2/c1-19-15-8-7-12(16)9-13(15)17-10-14(18)11-5-3-2-4-6-11/h2-9,14,17-18H,10H2,1H3. The molecule has 0 aliphatic carbocycles. The number of rotatable bonds is 5. The lowest BCUT2D eigenvalue weighted by atomic mass is 10.1. The predicted octanol–water partition coefficient (Wildman–Crippen LogP) is 3.49. The Balaban J connectivity index is 2.04. The highest BCUT2D eigenvalue weighted by molar-refractivity contribution is 6.30. The maximum Gasteiger partial charge on any atom is 0.142 e. The number of hydrogen-bond donors (Lipinski definition) is 2. The zero-order chi connectivity index (χ0) is 13.7. The van der Waals surface area contributed by atoms with E-state index >= 15 is 0 Å². The summed E-state index contributed by atoms with van der Waals surface area (Å²) in [4.78, 5) is 0. The Kier molecular flexibility index (Phi) is 4.66. The second-order valence-electron chi connectivity index (χ2n) is 4.15. The van der Waals surface area contributed by atoms with Gasteiger partial charge in [-0.3, -0.25) is 0 Å². The number of benzene rings is 2. The fourth-order valence-electron chi connectivity index (χ4n) is 1.82. The molecule has 0 aliphatic heterocycles. The summed E-state index contributed by atoms with van der Waals surface area (Å²) in [6.45, 7) is 0.390. The molecular formula is C15H16ClNO2. The SMILES string of the molecule is COc1ccc(Cl)cc1NCC(O)c1ccccc1. The van der Waals surface area contributed by atoms with E-state index in [1.807, 2.05) is 30.3 Å². The van der Waals surface area contributed by atoms with Gasteiger partial charge in [-0.25, -0.2) is 0 Å². The lowest BCUT2D eigenvalue weighted by molar-refractivity contribution is 0.191. The topological polar surface area (TPSA) is 41.5 Å². The van der Waals surface area contributed by atoms with Crippen LogP contribution in [0.5, 0.6) is 5.75 Å². The Bertz CT molecular complexity index is 531. The Labute approximate surface area is 117 Å². The highest BCUT2D eigenvalue weighted by Gasteiger charge is 2.09. The Hall–Kier alpha value is -1.71. The number of anilines is 1. The van der Waals surface area contributed by atoms with Crippen molar-refractivity contribution in [3.63, 3.8) is 0 Å². The van der Waals surface area contributed by atoms with Gasteiger partial charge in [-0.1, -0.05) is 41.9 Å². The minimum atomic E-state index is -0.579. The van der Waals surface area contributed by atoms with E-state index in [2.05, 4.69) is 5.32 Å². The lowest BCUT2D eigenvalue weighted by Crippen LogP contribution is -2.12. The summed E-state index contributed by atoms with van der Waals surface area (Å²) < 4.78 is 5.24. The van der Waals surface area contributed by atoms with E-state index < -0.39 is 6.10 Å². The van der Waals surface area contributed by atoms with Crippen molar-refractivity contribution in [2.45, 2.75) is 6.10 Å². The van der Waals surface area contributed by atoms with Crippen molar-refractivity contribution >= 4 is 17.3 Å². The number of aliphatic hydroxyl groups excluding tert-OH is 1. The largest absolute Gasteiger partial charge is 0.495 e. The van der Waals surface area contributed by atoms with Crippen molar-refractivity contribution in [3.8, 4) is 5.75 Å².